The Balaban J connectivity index is 1.50. The highest BCUT2D eigenvalue weighted by Crippen LogP contribution is 2.57. The lowest BCUT2D eigenvalue weighted by atomic mass is 9.50. The van der Waals surface area contributed by atoms with Crippen molar-refractivity contribution in [2.24, 2.45) is 35.3 Å². The Hall–Kier alpha value is -0.900. The third-order valence-electron chi connectivity index (χ3n) is 5.61. The van der Waals surface area contributed by atoms with Gasteiger partial charge in [0.2, 0.25) is 5.89 Å². The lowest BCUT2D eigenvalue weighted by Crippen LogP contribution is -2.52. The van der Waals surface area contributed by atoms with Crippen LogP contribution >= 0.6 is 0 Å². The van der Waals surface area contributed by atoms with Crippen LogP contribution < -0.4 is 5.73 Å². The minimum Gasteiger partial charge on any atom is -0.340 e. The maximum Gasteiger partial charge on any atom is 0.227 e. The first-order chi connectivity index (χ1) is 8.79. The third kappa shape index (κ3) is 1.69. The zero-order valence-electron chi connectivity index (χ0n) is 10.7. The molecule has 18 heavy (non-hydrogen) atoms. The molecule has 4 aliphatic carbocycles. The Morgan fingerprint density at radius 3 is 2.39 bits per heavy atom. The summed E-state index contributed by atoms with van der Waals surface area (Å²) in [6, 6.07) is 0.209. The number of aromatic nitrogens is 2. The minimum atomic E-state index is 0.209. The second-order valence-corrected chi connectivity index (χ2v) is 6.71. The van der Waals surface area contributed by atoms with E-state index in [0.29, 0.717) is 11.8 Å². The average Bonchev–Trinajstić information content (AvgIpc) is 2.80. The molecule has 0 radical (unpaired) electrons. The van der Waals surface area contributed by atoms with E-state index in [0.717, 1.165) is 30.1 Å². The van der Waals surface area contributed by atoms with Gasteiger partial charge in [0, 0.05) is 12.5 Å². The molecule has 1 aromatic rings. The Morgan fingerprint density at radius 1 is 1.17 bits per heavy atom. The summed E-state index contributed by atoms with van der Waals surface area (Å²) >= 11 is 0. The molecule has 2 N–H and O–H groups in total. The SMILES string of the molecule is NC(Cc1ncno1)C1C2CC3CC(C2)CC1C3. The second kappa shape index (κ2) is 4.05. The lowest BCUT2D eigenvalue weighted by molar-refractivity contribution is -0.0472. The van der Waals surface area contributed by atoms with Crippen molar-refractivity contribution in [2.45, 2.75) is 44.6 Å². The summed E-state index contributed by atoms with van der Waals surface area (Å²) in [5, 5.41) is 3.67. The Morgan fingerprint density at radius 2 is 1.83 bits per heavy atom. The molecular weight excluding hydrogens is 226 g/mol. The van der Waals surface area contributed by atoms with E-state index in [1.165, 1.54) is 38.4 Å². The van der Waals surface area contributed by atoms with Gasteiger partial charge >= 0.3 is 0 Å². The van der Waals surface area contributed by atoms with Gasteiger partial charge in [-0.3, -0.25) is 0 Å². The van der Waals surface area contributed by atoms with Gasteiger partial charge in [-0.25, -0.2) is 0 Å². The summed E-state index contributed by atoms with van der Waals surface area (Å²) in [5.41, 5.74) is 6.46. The number of rotatable bonds is 3. The molecule has 4 saturated carbocycles. The quantitative estimate of drug-likeness (QED) is 0.887. The zero-order chi connectivity index (χ0) is 12.1. The van der Waals surface area contributed by atoms with E-state index in [1.54, 1.807) is 0 Å². The normalized spacial score (nSPS) is 43.3. The van der Waals surface area contributed by atoms with Crippen LogP contribution in [0.4, 0.5) is 0 Å². The van der Waals surface area contributed by atoms with Crippen molar-refractivity contribution in [2.75, 3.05) is 0 Å². The monoisotopic (exact) mass is 247 g/mol. The van der Waals surface area contributed by atoms with Crippen molar-refractivity contribution < 1.29 is 4.52 Å². The molecule has 4 nitrogen and oxygen atoms in total. The van der Waals surface area contributed by atoms with Crippen LogP contribution in [-0.4, -0.2) is 16.2 Å². The molecule has 4 fully saturated rings. The van der Waals surface area contributed by atoms with Gasteiger partial charge < -0.3 is 10.3 Å². The van der Waals surface area contributed by atoms with Crippen molar-refractivity contribution in [1.82, 2.24) is 10.1 Å². The van der Waals surface area contributed by atoms with E-state index < -0.39 is 0 Å². The fourth-order valence-electron chi connectivity index (χ4n) is 5.29. The first kappa shape index (κ1) is 11.0. The predicted molar refractivity (Wildman–Crippen MR) is 66.5 cm³/mol. The van der Waals surface area contributed by atoms with Crippen LogP contribution in [0.2, 0.25) is 0 Å². The molecule has 0 amide bonds. The molecular formula is C14H21N3O. The van der Waals surface area contributed by atoms with Gasteiger partial charge in [0.25, 0.3) is 0 Å². The molecule has 1 aromatic heterocycles. The van der Waals surface area contributed by atoms with Crippen molar-refractivity contribution in [3.8, 4) is 0 Å². The molecule has 98 valence electrons. The van der Waals surface area contributed by atoms with E-state index in [2.05, 4.69) is 10.1 Å². The maximum absolute atomic E-state index is 6.46. The third-order valence-corrected chi connectivity index (χ3v) is 5.61. The van der Waals surface area contributed by atoms with Gasteiger partial charge in [-0.1, -0.05) is 5.16 Å². The Labute approximate surface area is 107 Å². The molecule has 5 rings (SSSR count). The molecule has 4 heteroatoms. The van der Waals surface area contributed by atoms with Gasteiger partial charge in [0.05, 0.1) is 0 Å². The molecule has 4 aliphatic rings. The first-order valence-electron chi connectivity index (χ1n) is 7.30. The Kier molecular flexibility index (Phi) is 2.47. The van der Waals surface area contributed by atoms with E-state index in [1.807, 2.05) is 0 Å². The minimum absolute atomic E-state index is 0.209. The van der Waals surface area contributed by atoms with Gasteiger partial charge in [-0.2, -0.15) is 4.98 Å². The highest BCUT2D eigenvalue weighted by Gasteiger charge is 2.49. The van der Waals surface area contributed by atoms with Crippen LogP contribution in [0.3, 0.4) is 0 Å². The fourth-order valence-corrected chi connectivity index (χ4v) is 5.29. The molecule has 1 atom stereocenters. The Bertz CT molecular complexity index is 389. The summed E-state index contributed by atoms with van der Waals surface area (Å²) < 4.78 is 5.11. The summed E-state index contributed by atoms with van der Waals surface area (Å²) in [6.45, 7) is 0. The van der Waals surface area contributed by atoms with Crippen LogP contribution in [0.15, 0.2) is 10.9 Å². The summed E-state index contributed by atoms with van der Waals surface area (Å²) in [5.74, 6) is 5.18. The predicted octanol–water partition coefficient (Wildman–Crippen LogP) is 2.01. The van der Waals surface area contributed by atoms with Gasteiger partial charge in [0.15, 0.2) is 6.33 Å². The molecule has 0 aromatic carbocycles. The molecule has 1 heterocycles. The zero-order valence-corrected chi connectivity index (χ0v) is 10.7. The van der Waals surface area contributed by atoms with Gasteiger partial charge in [-0.05, 0) is 61.7 Å². The molecule has 4 bridgehead atoms. The second-order valence-electron chi connectivity index (χ2n) is 6.71. The van der Waals surface area contributed by atoms with Gasteiger partial charge in [-0.15, -0.1) is 0 Å². The lowest BCUT2D eigenvalue weighted by Gasteiger charge is -2.56. The number of nitrogens with zero attached hydrogens (tertiary/aromatic N) is 2. The topological polar surface area (TPSA) is 64.9 Å². The summed E-state index contributed by atoms with van der Waals surface area (Å²) in [6.07, 6.45) is 9.43. The highest BCUT2D eigenvalue weighted by molar-refractivity contribution is 5.02. The van der Waals surface area contributed by atoms with Crippen LogP contribution in [0.1, 0.15) is 38.0 Å². The maximum atomic E-state index is 6.46. The molecule has 1 unspecified atom stereocenters. The molecule has 0 saturated heterocycles. The van der Waals surface area contributed by atoms with E-state index in [-0.39, 0.29) is 6.04 Å². The number of hydrogen-bond donors (Lipinski definition) is 1. The number of nitrogens with two attached hydrogens (primary N) is 1. The average molecular weight is 247 g/mol. The van der Waals surface area contributed by atoms with Crippen LogP contribution in [-0.2, 0) is 6.42 Å². The fraction of sp³-hybridized carbons (Fsp3) is 0.857. The van der Waals surface area contributed by atoms with E-state index in [4.69, 9.17) is 10.3 Å². The number of hydrogen-bond acceptors (Lipinski definition) is 4. The largest absolute Gasteiger partial charge is 0.340 e. The summed E-state index contributed by atoms with van der Waals surface area (Å²) in [7, 11) is 0. The smallest absolute Gasteiger partial charge is 0.227 e. The first-order valence-corrected chi connectivity index (χ1v) is 7.30. The molecule has 0 spiro atoms. The van der Waals surface area contributed by atoms with Crippen LogP contribution in [0.5, 0.6) is 0 Å². The van der Waals surface area contributed by atoms with Gasteiger partial charge in [0.1, 0.15) is 0 Å². The molecule has 0 aliphatic heterocycles. The van der Waals surface area contributed by atoms with Crippen molar-refractivity contribution >= 4 is 0 Å². The standard InChI is InChI=1S/C14H21N3O/c15-12(6-13-16-7-17-18-13)14-10-2-8-1-9(4-10)5-11(14)3-8/h7-12,14H,1-6,15H2. The van der Waals surface area contributed by atoms with Crippen LogP contribution in [0, 0.1) is 29.6 Å². The van der Waals surface area contributed by atoms with Crippen molar-refractivity contribution in [3.63, 3.8) is 0 Å². The highest BCUT2D eigenvalue weighted by atomic mass is 16.5. The van der Waals surface area contributed by atoms with E-state index >= 15 is 0 Å². The van der Waals surface area contributed by atoms with E-state index in [9.17, 15) is 0 Å². The van der Waals surface area contributed by atoms with Crippen molar-refractivity contribution in [1.29, 1.82) is 0 Å². The summed E-state index contributed by atoms with van der Waals surface area (Å²) in [4.78, 5) is 4.11. The van der Waals surface area contributed by atoms with Crippen LogP contribution in [0.25, 0.3) is 0 Å². The van der Waals surface area contributed by atoms with Crippen molar-refractivity contribution in [3.05, 3.63) is 12.2 Å².